The van der Waals surface area contributed by atoms with Crippen molar-refractivity contribution in [2.75, 3.05) is 18.5 Å². The summed E-state index contributed by atoms with van der Waals surface area (Å²) in [6.07, 6.45) is 2.42. The molecule has 9 nitrogen and oxygen atoms in total. The fraction of sp³-hybridized carbons (Fsp3) is 0.318. The number of nitro groups is 1. The number of rotatable bonds is 7. The van der Waals surface area contributed by atoms with Gasteiger partial charge in [-0.15, -0.1) is 0 Å². The zero-order valence-electron chi connectivity index (χ0n) is 17.1. The summed E-state index contributed by atoms with van der Waals surface area (Å²) in [5.41, 5.74) is 0.857. The Balaban J connectivity index is 1.78. The Morgan fingerprint density at radius 1 is 1.16 bits per heavy atom. The molecule has 31 heavy (non-hydrogen) atoms. The first-order valence-corrected chi connectivity index (χ1v) is 10.0. The standard InChI is InChI=1S/C22H23N3O6/c1-2-31-22(28)17-11-16(12-19(13-17)25(29)30)21(27)23-18-7-5-6-15(10-18)14-24-9-4-3-8-20(24)26/h5-7,10-13H,2-4,8-9,14H2,1H3,(H,23,27). The first kappa shape index (κ1) is 21.9. The molecule has 1 fully saturated rings. The maximum atomic E-state index is 12.7. The van der Waals surface area contributed by atoms with Gasteiger partial charge in [-0.3, -0.25) is 19.7 Å². The molecule has 9 heteroatoms. The Morgan fingerprint density at radius 3 is 2.65 bits per heavy atom. The van der Waals surface area contributed by atoms with Gasteiger partial charge >= 0.3 is 5.97 Å². The summed E-state index contributed by atoms with van der Waals surface area (Å²) in [6, 6.07) is 10.5. The number of hydrogen-bond donors (Lipinski definition) is 1. The normalized spacial score (nSPS) is 13.6. The van der Waals surface area contributed by atoms with Crippen LogP contribution < -0.4 is 5.32 Å². The van der Waals surface area contributed by atoms with Crippen LogP contribution in [0, 0.1) is 10.1 Å². The molecule has 1 N–H and O–H groups in total. The first-order chi connectivity index (χ1) is 14.9. The van der Waals surface area contributed by atoms with Crippen LogP contribution in [0.4, 0.5) is 11.4 Å². The summed E-state index contributed by atoms with van der Waals surface area (Å²) in [4.78, 5) is 49.1. The Morgan fingerprint density at radius 2 is 1.94 bits per heavy atom. The van der Waals surface area contributed by atoms with Gasteiger partial charge in [0, 0.05) is 42.9 Å². The van der Waals surface area contributed by atoms with Gasteiger partial charge in [-0.1, -0.05) is 12.1 Å². The van der Waals surface area contributed by atoms with Crippen LogP contribution >= 0.6 is 0 Å². The largest absolute Gasteiger partial charge is 0.462 e. The van der Waals surface area contributed by atoms with Gasteiger partial charge in [0.1, 0.15) is 0 Å². The molecular formula is C22H23N3O6. The monoisotopic (exact) mass is 425 g/mol. The number of nitrogens with one attached hydrogen (secondary N) is 1. The SMILES string of the molecule is CCOC(=O)c1cc(C(=O)Nc2cccc(CN3CCCCC3=O)c2)cc([N+](=O)[O-])c1. The van der Waals surface area contributed by atoms with E-state index >= 15 is 0 Å². The van der Waals surface area contributed by atoms with E-state index in [2.05, 4.69) is 5.32 Å². The third-order valence-corrected chi connectivity index (χ3v) is 4.88. The highest BCUT2D eigenvalue weighted by molar-refractivity contribution is 6.06. The minimum Gasteiger partial charge on any atom is -0.462 e. The van der Waals surface area contributed by atoms with Crippen LogP contribution in [0.5, 0.6) is 0 Å². The van der Waals surface area contributed by atoms with Gasteiger partial charge in [0.15, 0.2) is 0 Å². The van der Waals surface area contributed by atoms with Crippen LogP contribution in [-0.2, 0) is 16.1 Å². The van der Waals surface area contributed by atoms with E-state index in [9.17, 15) is 24.5 Å². The Labute approximate surface area is 179 Å². The molecule has 1 aliphatic heterocycles. The van der Waals surface area contributed by atoms with Gasteiger partial charge in [0.25, 0.3) is 11.6 Å². The molecule has 2 amide bonds. The Hall–Kier alpha value is -3.75. The van der Waals surface area contributed by atoms with Crippen molar-refractivity contribution in [3.8, 4) is 0 Å². The number of anilines is 1. The molecule has 0 unspecified atom stereocenters. The highest BCUT2D eigenvalue weighted by Gasteiger charge is 2.20. The maximum Gasteiger partial charge on any atom is 0.338 e. The molecule has 1 saturated heterocycles. The van der Waals surface area contributed by atoms with Crippen molar-refractivity contribution in [3.05, 3.63) is 69.3 Å². The van der Waals surface area contributed by atoms with Gasteiger partial charge in [-0.25, -0.2) is 4.79 Å². The molecule has 2 aromatic rings. The number of hydrogen-bond acceptors (Lipinski definition) is 6. The highest BCUT2D eigenvalue weighted by atomic mass is 16.6. The van der Waals surface area contributed by atoms with Crippen molar-refractivity contribution >= 4 is 29.2 Å². The summed E-state index contributed by atoms with van der Waals surface area (Å²) < 4.78 is 4.89. The number of esters is 1. The van der Waals surface area contributed by atoms with E-state index in [1.54, 1.807) is 30.0 Å². The van der Waals surface area contributed by atoms with Crippen molar-refractivity contribution in [2.24, 2.45) is 0 Å². The number of non-ortho nitro benzene ring substituents is 1. The van der Waals surface area contributed by atoms with Gasteiger partial charge in [0.2, 0.25) is 5.91 Å². The van der Waals surface area contributed by atoms with Crippen LogP contribution in [0.15, 0.2) is 42.5 Å². The third-order valence-electron chi connectivity index (χ3n) is 4.88. The van der Waals surface area contributed by atoms with Crippen molar-refractivity contribution in [1.82, 2.24) is 4.90 Å². The van der Waals surface area contributed by atoms with Crippen molar-refractivity contribution in [2.45, 2.75) is 32.7 Å². The van der Waals surface area contributed by atoms with Crippen molar-refractivity contribution < 1.29 is 24.0 Å². The lowest BCUT2D eigenvalue weighted by atomic mass is 10.1. The molecule has 3 rings (SSSR count). The maximum absolute atomic E-state index is 12.7. The number of piperidine rings is 1. The molecular weight excluding hydrogens is 402 g/mol. The number of benzene rings is 2. The number of nitrogens with zero attached hydrogens (tertiary/aromatic N) is 2. The van der Waals surface area contributed by atoms with Crippen LogP contribution in [0.1, 0.15) is 52.5 Å². The molecule has 2 aromatic carbocycles. The van der Waals surface area contributed by atoms with Gasteiger partial charge in [0.05, 0.1) is 17.1 Å². The summed E-state index contributed by atoms with van der Waals surface area (Å²) in [5, 5.41) is 13.9. The van der Waals surface area contributed by atoms with E-state index in [1.165, 1.54) is 6.07 Å². The molecule has 0 aromatic heterocycles. The smallest absolute Gasteiger partial charge is 0.338 e. The molecule has 1 heterocycles. The summed E-state index contributed by atoms with van der Waals surface area (Å²) in [5.74, 6) is -1.22. The predicted molar refractivity (Wildman–Crippen MR) is 113 cm³/mol. The zero-order valence-corrected chi connectivity index (χ0v) is 17.1. The van der Waals surface area contributed by atoms with E-state index in [0.29, 0.717) is 25.2 Å². The Kier molecular flexibility index (Phi) is 6.96. The Bertz CT molecular complexity index is 1020. The quantitative estimate of drug-likeness (QED) is 0.412. The van der Waals surface area contributed by atoms with Crippen molar-refractivity contribution in [3.63, 3.8) is 0 Å². The number of carbonyl (C=O) groups is 3. The second-order valence-corrected chi connectivity index (χ2v) is 7.17. The average molecular weight is 425 g/mol. The highest BCUT2D eigenvalue weighted by Crippen LogP contribution is 2.21. The molecule has 0 spiro atoms. The van der Waals surface area contributed by atoms with Crippen LogP contribution in [0.2, 0.25) is 0 Å². The van der Waals surface area contributed by atoms with Gasteiger partial charge < -0.3 is 15.0 Å². The molecule has 0 saturated carbocycles. The summed E-state index contributed by atoms with van der Waals surface area (Å²) in [7, 11) is 0. The summed E-state index contributed by atoms with van der Waals surface area (Å²) >= 11 is 0. The lowest BCUT2D eigenvalue weighted by molar-refractivity contribution is -0.384. The van der Waals surface area contributed by atoms with E-state index in [4.69, 9.17) is 4.74 Å². The second kappa shape index (κ2) is 9.84. The number of nitro benzene ring substituents is 1. The predicted octanol–water partition coefficient (Wildman–Crippen LogP) is 3.54. The third kappa shape index (κ3) is 5.65. The fourth-order valence-electron chi connectivity index (χ4n) is 3.38. The number of carbonyl (C=O) groups excluding carboxylic acids is 3. The molecule has 0 aliphatic carbocycles. The lowest BCUT2D eigenvalue weighted by Gasteiger charge is -2.26. The van der Waals surface area contributed by atoms with E-state index in [0.717, 1.165) is 30.5 Å². The van der Waals surface area contributed by atoms with Gasteiger partial charge in [-0.2, -0.15) is 0 Å². The van der Waals surface area contributed by atoms with Gasteiger partial charge in [-0.05, 0) is 43.5 Å². The number of amides is 2. The molecule has 0 bridgehead atoms. The number of ether oxygens (including phenoxy) is 1. The lowest BCUT2D eigenvalue weighted by Crippen LogP contribution is -2.34. The molecule has 162 valence electrons. The van der Waals surface area contributed by atoms with Crippen LogP contribution in [0.25, 0.3) is 0 Å². The van der Waals surface area contributed by atoms with Crippen molar-refractivity contribution in [1.29, 1.82) is 0 Å². The van der Waals surface area contributed by atoms with E-state index in [-0.39, 0.29) is 29.3 Å². The topological polar surface area (TPSA) is 119 Å². The average Bonchev–Trinajstić information content (AvgIpc) is 2.75. The first-order valence-electron chi connectivity index (χ1n) is 10.0. The van der Waals surface area contributed by atoms with E-state index < -0.39 is 16.8 Å². The fourth-order valence-corrected chi connectivity index (χ4v) is 3.38. The minimum atomic E-state index is -0.742. The molecule has 0 radical (unpaired) electrons. The van der Waals surface area contributed by atoms with E-state index in [1.807, 2.05) is 6.07 Å². The molecule has 1 aliphatic rings. The zero-order chi connectivity index (χ0) is 22.4. The number of likely N-dealkylation sites (tertiary alicyclic amines) is 1. The molecule has 0 atom stereocenters. The van der Waals surface area contributed by atoms with Crippen LogP contribution in [0.3, 0.4) is 0 Å². The minimum absolute atomic E-state index is 0.0335. The second-order valence-electron chi connectivity index (χ2n) is 7.17. The van der Waals surface area contributed by atoms with Crippen LogP contribution in [-0.4, -0.2) is 40.8 Å². The summed E-state index contributed by atoms with van der Waals surface area (Å²) in [6.45, 7) is 2.88.